The Morgan fingerprint density at radius 3 is 1.46 bits per heavy atom. The summed E-state index contributed by atoms with van der Waals surface area (Å²) in [4.78, 5) is 42.8. The average Bonchev–Trinajstić information content (AvgIpc) is 3.78. The van der Waals surface area contributed by atoms with E-state index in [1.165, 1.54) is 0 Å². The number of fused-ring (bicyclic) bond motifs is 2. The molecule has 2 aromatic carbocycles. The summed E-state index contributed by atoms with van der Waals surface area (Å²) in [7, 11) is 6.60. The van der Waals surface area contributed by atoms with E-state index >= 15 is 0 Å². The minimum atomic E-state index is -0.519. The molecule has 0 aliphatic carbocycles. The van der Waals surface area contributed by atoms with E-state index in [4.69, 9.17) is 19.4 Å². The van der Waals surface area contributed by atoms with Gasteiger partial charge < -0.3 is 28.4 Å². The molecule has 5 heterocycles. The Kier molecular flexibility index (Phi) is 10.9. The van der Waals surface area contributed by atoms with Crippen molar-refractivity contribution in [1.82, 2.24) is 39.8 Å². The van der Waals surface area contributed by atoms with E-state index in [2.05, 4.69) is 60.1 Å². The molecule has 0 unspecified atom stereocenters. The first-order valence-corrected chi connectivity index (χ1v) is 20.5. The highest BCUT2D eigenvalue weighted by Crippen LogP contribution is 2.39. The van der Waals surface area contributed by atoms with E-state index in [0.29, 0.717) is 37.7 Å². The van der Waals surface area contributed by atoms with Crippen LogP contribution in [0.5, 0.6) is 11.5 Å². The van der Waals surface area contributed by atoms with Crippen LogP contribution >= 0.6 is 21.6 Å². The number of nitrogens with zero attached hydrogens (tertiary/aromatic N) is 6. The van der Waals surface area contributed by atoms with Gasteiger partial charge in [-0.25, -0.2) is 20.8 Å². The number of methoxy groups -OCH3 is 2. The maximum Gasteiger partial charge on any atom is 0.242 e. The summed E-state index contributed by atoms with van der Waals surface area (Å²) >= 11 is 0. The average molecular weight is 745 g/mol. The van der Waals surface area contributed by atoms with Gasteiger partial charge in [-0.3, -0.25) is 9.59 Å². The highest BCUT2D eigenvalue weighted by Gasteiger charge is 2.41. The van der Waals surface area contributed by atoms with Crippen LogP contribution in [0.1, 0.15) is 51.4 Å². The highest BCUT2D eigenvalue weighted by atomic mass is 33.1. The zero-order valence-electron chi connectivity index (χ0n) is 30.6. The number of rotatable bonds is 8. The van der Waals surface area contributed by atoms with E-state index in [-0.39, 0.29) is 35.7 Å². The number of nitrogens with one attached hydrogen (secondary N) is 2. The Morgan fingerprint density at radius 2 is 1.08 bits per heavy atom. The summed E-state index contributed by atoms with van der Waals surface area (Å²) in [6, 6.07) is 14.3. The Labute approximate surface area is 313 Å². The van der Waals surface area contributed by atoms with Crippen LogP contribution < -0.4 is 20.3 Å². The predicted octanol–water partition coefficient (Wildman–Crippen LogP) is 5.44. The smallest absolute Gasteiger partial charge is 0.242 e. The number of carbonyl (C=O) groups is 2. The van der Waals surface area contributed by atoms with E-state index in [9.17, 15) is 9.59 Å². The molecule has 1 saturated heterocycles. The van der Waals surface area contributed by atoms with Crippen molar-refractivity contribution in [1.29, 1.82) is 0 Å². The number of hydrogen-bond donors (Lipinski definition) is 2. The molecule has 12 nitrogen and oxygen atoms in total. The minimum Gasteiger partial charge on any atom is -0.496 e. The number of carbonyl (C=O) groups excluding carboxylic acids is 2. The maximum atomic E-state index is 14.4. The lowest BCUT2D eigenvalue weighted by Gasteiger charge is -2.41. The summed E-state index contributed by atoms with van der Waals surface area (Å²) in [5.74, 6) is 4.71. The second kappa shape index (κ2) is 15.6. The summed E-state index contributed by atoms with van der Waals surface area (Å²) in [5.41, 5.74) is 10.2. The minimum absolute atomic E-state index is 0.00409. The summed E-state index contributed by atoms with van der Waals surface area (Å²) in [5, 5.41) is 0. The SMILES string of the molecule is COc1ccccc1-c1cn2c(n1)[C@H](C(C)C)N(C(=O)[C@@H]1CSSC[C@@H](C(=O)N3CCn4cc(-c5ccccc5OC)nc4[C@@H]3C(C)C)NN1)CC2. The molecular formula is C38H48N8O4S2. The molecule has 0 radical (unpaired) electrons. The van der Waals surface area contributed by atoms with E-state index in [0.717, 1.165) is 45.7 Å². The fraction of sp³-hybridized carbons (Fsp3) is 0.474. The fourth-order valence-electron chi connectivity index (χ4n) is 7.64. The molecule has 4 atom stereocenters. The van der Waals surface area contributed by atoms with Gasteiger partial charge in [0.1, 0.15) is 35.2 Å². The first-order valence-electron chi connectivity index (χ1n) is 18.0. The van der Waals surface area contributed by atoms with Gasteiger partial charge in [-0.15, -0.1) is 0 Å². The Bertz CT molecular complexity index is 1770. The molecule has 0 bridgehead atoms. The topological polar surface area (TPSA) is 119 Å². The summed E-state index contributed by atoms with van der Waals surface area (Å²) < 4.78 is 15.6. The van der Waals surface area contributed by atoms with Crippen LogP contribution in [0.25, 0.3) is 22.5 Å². The van der Waals surface area contributed by atoms with Crippen LogP contribution in [0.3, 0.4) is 0 Å². The maximum absolute atomic E-state index is 14.4. The molecule has 0 saturated carbocycles. The van der Waals surface area contributed by atoms with E-state index < -0.39 is 12.1 Å². The van der Waals surface area contributed by atoms with Gasteiger partial charge in [0.25, 0.3) is 0 Å². The molecule has 52 heavy (non-hydrogen) atoms. The van der Waals surface area contributed by atoms with E-state index in [1.807, 2.05) is 58.3 Å². The van der Waals surface area contributed by atoms with Crippen molar-refractivity contribution in [3.05, 3.63) is 72.6 Å². The van der Waals surface area contributed by atoms with Crippen LogP contribution in [-0.2, 0) is 22.7 Å². The third kappa shape index (κ3) is 6.93. The molecule has 3 aliphatic rings. The molecule has 0 spiro atoms. The van der Waals surface area contributed by atoms with Crippen molar-refractivity contribution in [2.75, 3.05) is 38.8 Å². The highest BCUT2D eigenvalue weighted by molar-refractivity contribution is 8.76. The number of imidazole rings is 2. The second-order valence-electron chi connectivity index (χ2n) is 14.2. The quantitative estimate of drug-likeness (QED) is 0.226. The first kappa shape index (κ1) is 36.4. The molecule has 2 aromatic heterocycles. The number of para-hydroxylation sites is 2. The Morgan fingerprint density at radius 1 is 0.673 bits per heavy atom. The van der Waals surface area contributed by atoms with Crippen LogP contribution in [-0.4, -0.2) is 91.6 Å². The molecule has 7 rings (SSSR count). The third-order valence-corrected chi connectivity index (χ3v) is 12.6. The van der Waals surface area contributed by atoms with Crippen molar-refractivity contribution in [2.24, 2.45) is 11.8 Å². The number of ether oxygens (including phenoxy) is 2. The number of hydrogen-bond acceptors (Lipinski definition) is 10. The first-order chi connectivity index (χ1) is 25.2. The van der Waals surface area contributed by atoms with Gasteiger partial charge in [-0.1, -0.05) is 73.5 Å². The largest absolute Gasteiger partial charge is 0.496 e. The third-order valence-electron chi connectivity index (χ3n) is 10.2. The van der Waals surface area contributed by atoms with Gasteiger partial charge in [0.05, 0.1) is 37.7 Å². The monoisotopic (exact) mass is 744 g/mol. The Hall–Kier alpha value is -3.98. The molecule has 1 fully saturated rings. The van der Waals surface area contributed by atoms with Gasteiger partial charge in [0.15, 0.2) is 0 Å². The molecule has 14 heteroatoms. The molecule has 4 aromatic rings. The van der Waals surface area contributed by atoms with Crippen molar-refractivity contribution in [2.45, 2.75) is 65.0 Å². The number of hydrazine groups is 1. The lowest BCUT2D eigenvalue weighted by Crippen LogP contribution is -2.61. The second-order valence-corrected chi connectivity index (χ2v) is 16.7. The van der Waals surface area contributed by atoms with Crippen LogP contribution in [0.15, 0.2) is 60.9 Å². The molecule has 276 valence electrons. The van der Waals surface area contributed by atoms with Crippen molar-refractivity contribution in [3.63, 3.8) is 0 Å². The van der Waals surface area contributed by atoms with Gasteiger partial charge in [-0.2, -0.15) is 0 Å². The number of amides is 2. The lowest BCUT2D eigenvalue weighted by molar-refractivity contribution is -0.141. The molecule has 3 aliphatic heterocycles. The van der Waals surface area contributed by atoms with E-state index in [1.54, 1.807) is 35.8 Å². The number of benzene rings is 2. The van der Waals surface area contributed by atoms with Crippen LogP contribution in [0.4, 0.5) is 0 Å². The molecule has 2 N–H and O–H groups in total. The summed E-state index contributed by atoms with van der Waals surface area (Å²) in [6.45, 7) is 11.0. The van der Waals surface area contributed by atoms with Gasteiger partial charge in [0.2, 0.25) is 11.8 Å². The van der Waals surface area contributed by atoms with Crippen molar-refractivity contribution < 1.29 is 19.1 Å². The van der Waals surface area contributed by atoms with Gasteiger partial charge in [0, 0.05) is 61.2 Å². The zero-order chi connectivity index (χ0) is 36.5. The van der Waals surface area contributed by atoms with Gasteiger partial charge >= 0.3 is 0 Å². The zero-order valence-corrected chi connectivity index (χ0v) is 32.2. The van der Waals surface area contributed by atoms with Crippen molar-refractivity contribution >= 4 is 33.4 Å². The van der Waals surface area contributed by atoms with Gasteiger partial charge in [-0.05, 0) is 36.1 Å². The lowest BCUT2D eigenvalue weighted by atomic mass is 9.98. The van der Waals surface area contributed by atoms with Crippen LogP contribution in [0.2, 0.25) is 0 Å². The normalized spacial score (nSPS) is 22.1. The summed E-state index contributed by atoms with van der Waals surface area (Å²) in [6.07, 6.45) is 4.14. The fourth-order valence-corrected chi connectivity index (χ4v) is 9.95. The predicted molar refractivity (Wildman–Crippen MR) is 206 cm³/mol. The standard InChI is InChI=1S/C38H48N8O4S2/c1-23(2)33-35-39-27(25-11-7-9-13-31(25)49-5)19-43(35)15-17-45(33)37(47)29-21-51-52-22-30(42-41-29)38(48)46-18-16-44-20-28(40-36(44)34(46)24(3)4)26-12-8-10-14-32(26)50-6/h7-14,19-20,23-24,29-30,33-34,41-42H,15-18,21-22H2,1-6H3/t29-,30-,33-,34-/m0/s1. The molecule has 2 amide bonds. The number of aromatic nitrogens is 4. The van der Waals surface area contributed by atoms with Crippen molar-refractivity contribution in [3.8, 4) is 34.0 Å². The van der Waals surface area contributed by atoms with Crippen LogP contribution in [0, 0.1) is 11.8 Å². The molecular weight excluding hydrogens is 697 g/mol. The Balaban J connectivity index is 1.07.